The quantitative estimate of drug-likeness (QED) is 0.837. The molecule has 0 aliphatic rings. The lowest BCUT2D eigenvalue weighted by atomic mass is 10.2. The second-order valence-electron chi connectivity index (χ2n) is 3.94. The standard InChI is InChI=1S/C14H10Br2FNO/c15-10-3-1-2-9(6-10)8-18-14(19)12-5-4-11(17)7-13(12)16/h1-7H,8H2,(H,18,19). The number of amides is 1. The largest absolute Gasteiger partial charge is 0.348 e. The van der Waals surface area contributed by atoms with E-state index in [9.17, 15) is 9.18 Å². The van der Waals surface area contributed by atoms with E-state index in [1.807, 2.05) is 24.3 Å². The van der Waals surface area contributed by atoms with E-state index in [4.69, 9.17) is 0 Å². The van der Waals surface area contributed by atoms with Crippen molar-refractivity contribution in [3.8, 4) is 0 Å². The number of hydrogen-bond acceptors (Lipinski definition) is 1. The van der Waals surface area contributed by atoms with E-state index in [0.717, 1.165) is 10.0 Å². The first-order chi connectivity index (χ1) is 9.06. The summed E-state index contributed by atoms with van der Waals surface area (Å²) < 4.78 is 14.3. The summed E-state index contributed by atoms with van der Waals surface area (Å²) in [6, 6.07) is 11.7. The van der Waals surface area contributed by atoms with Gasteiger partial charge in [0, 0.05) is 15.5 Å². The fraction of sp³-hybridized carbons (Fsp3) is 0.0714. The van der Waals surface area contributed by atoms with Gasteiger partial charge in [-0.3, -0.25) is 4.79 Å². The lowest BCUT2D eigenvalue weighted by Crippen LogP contribution is -2.23. The monoisotopic (exact) mass is 385 g/mol. The van der Waals surface area contributed by atoms with E-state index in [-0.39, 0.29) is 11.7 Å². The molecule has 0 saturated heterocycles. The molecular formula is C14H10Br2FNO. The fourth-order valence-electron chi connectivity index (χ4n) is 1.60. The number of nitrogens with one attached hydrogen (secondary N) is 1. The third-order valence-electron chi connectivity index (χ3n) is 2.52. The molecule has 0 saturated carbocycles. The van der Waals surface area contributed by atoms with E-state index in [0.29, 0.717) is 16.6 Å². The van der Waals surface area contributed by atoms with Gasteiger partial charge in [0.2, 0.25) is 0 Å². The summed E-state index contributed by atoms with van der Waals surface area (Å²) in [6.45, 7) is 0.419. The predicted octanol–water partition coefficient (Wildman–Crippen LogP) is 4.28. The van der Waals surface area contributed by atoms with Gasteiger partial charge in [-0.05, 0) is 51.8 Å². The second-order valence-corrected chi connectivity index (χ2v) is 5.71. The van der Waals surface area contributed by atoms with E-state index in [1.54, 1.807) is 0 Å². The van der Waals surface area contributed by atoms with E-state index >= 15 is 0 Å². The van der Waals surface area contributed by atoms with Crippen molar-refractivity contribution in [1.29, 1.82) is 0 Å². The van der Waals surface area contributed by atoms with Gasteiger partial charge >= 0.3 is 0 Å². The highest BCUT2D eigenvalue weighted by molar-refractivity contribution is 9.10. The SMILES string of the molecule is O=C(NCc1cccc(Br)c1)c1ccc(F)cc1Br. The van der Waals surface area contributed by atoms with Gasteiger partial charge in [0.05, 0.1) is 5.56 Å². The first-order valence-electron chi connectivity index (χ1n) is 5.54. The Labute approximate surface area is 127 Å². The van der Waals surface area contributed by atoms with Gasteiger partial charge in [-0.25, -0.2) is 4.39 Å². The first-order valence-corrected chi connectivity index (χ1v) is 7.12. The zero-order valence-electron chi connectivity index (χ0n) is 9.79. The summed E-state index contributed by atoms with van der Waals surface area (Å²) >= 11 is 6.55. The first kappa shape index (κ1) is 14.2. The molecule has 0 spiro atoms. The molecular weight excluding hydrogens is 377 g/mol. The van der Waals surface area contributed by atoms with Crippen LogP contribution in [0.1, 0.15) is 15.9 Å². The minimum absolute atomic E-state index is 0.244. The average molecular weight is 387 g/mol. The molecule has 0 unspecified atom stereocenters. The van der Waals surface area contributed by atoms with Crippen LogP contribution in [0.3, 0.4) is 0 Å². The highest BCUT2D eigenvalue weighted by Gasteiger charge is 2.10. The van der Waals surface area contributed by atoms with Crippen LogP contribution in [-0.2, 0) is 6.54 Å². The molecule has 0 bridgehead atoms. The number of rotatable bonds is 3. The Morgan fingerprint density at radius 3 is 2.63 bits per heavy atom. The number of hydrogen-bond donors (Lipinski definition) is 1. The Morgan fingerprint density at radius 1 is 1.16 bits per heavy atom. The Balaban J connectivity index is 2.05. The highest BCUT2D eigenvalue weighted by atomic mass is 79.9. The van der Waals surface area contributed by atoms with Crippen LogP contribution in [0.2, 0.25) is 0 Å². The van der Waals surface area contributed by atoms with Gasteiger partial charge in [0.15, 0.2) is 0 Å². The predicted molar refractivity (Wildman–Crippen MR) is 79.4 cm³/mol. The second kappa shape index (κ2) is 6.30. The molecule has 0 heterocycles. The Kier molecular flexibility index (Phi) is 4.71. The van der Waals surface area contributed by atoms with Crippen LogP contribution in [0.25, 0.3) is 0 Å². The summed E-state index contributed by atoms with van der Waals surface area (Å²) in [5.74, 6) is -0.623. The van der Waals surface area contributed by atoms with Crippen LogP contribution in [0.5, 0.6) is 0 Å². The summed E-state index contributed by atoms with van der Waals surface area (Å²) in [5, 5.41) is 2.79. The number of carbonyl (C=O) groups excluding carboxylic acids is 1. The third-order valence-corrected chi connectivity index (χ3v) is 3.67. The topological polar surface area (TPSA) is 29.1 Å². The van der Waals surface area contributed by atoms with Crippen LogP contribution in [0, 0.1) is 5.82 Å². The summed E-state index contributed by atoms with van der Waals surface area (Å²) in [5.41, 5.74) is 1.40. The minimum Gasteiger partial charge on any atom is -0.348 e. The molecule has 5 heteroatoms. The van der Waals surface area contributed by atoms with Crippen LogP contribution in [-0.4, -0.2) is 5.91 Å². The van der Waals surface area contributed by atoms with E-state index < -0.39 is 0 Å². The van der Waals surface area contributed by atoms with Gasteiger partial charge in [-0.15, -0.1) is 0 Å². The van der Waals surface area contributed by atoms with Crippen LogP contribution >= 0.6 is 31.9 Å². The van der Waals surface area contributed by atoms with Gasteiger partial charge in [0.1, 0.15) is 5.82 Å². The fourth-order valence-corrected chi connectivity index (χ4v) is 2.58. The van der Waals surface area contributed by atoms with Crippen molar-refractivity contribution in [1.82, 2.24) is 5.32 Å². The van der Waals surface area contributed by atoms with Crippen LogP contribution in [0.4, 0.5) is 4.39 Å². The Morgan fingerprint density at radius 2 is 1.95 bits per heavy atom. The third kappa shape index (κ3) is 3.88. The maximum atomic E-state index is 12.9. The molecule has 98 valence electrons. The molecule has 2 aromatic carbocycles. The van der Waals surface area contributed by atoms with Gasteiger partial charge in [-0.1, -0.05) is 28.1 Å². The Hall–Kier alpha value is -1.20. The van der Waals surface area contributed by atoms with Crippen molar-refractivity contribution in [3.05, 3.63) is 68.4 Å². The molecule has 2 nitrogen and oxygen atoms in total. The Bertz CT molecular complexity index is 616. The van der Waals surface area contributed by atoms with Crippen LogP contribution < -0.4 is 5.32 Å². The summed E-state index contributed by atoms with van der Waals surface area (Å²) in [7, 11) is 0. The van der Waals surface area contributed by atoms with Crippen molar-refractivity contribution < 1.29 is 9.18 Å². The van der Waals surface area contributed by atoms with Gasteiger partial charge in [-0.2, -0.15) is 0 Å². The molecule has 19 heavy (non-hydrogen) atoms. The van der Waals surface area contributed by atoms with E-state index in [1.165, 1.54) is 18.2 Å². The van der Waals surface area contributed by atoms with Gasteiger partial charge < -0.3 is 5.32 Å². The zero-order chi connectivity index (χ0) is 13.8. The lowest BCUT2D eigenvalue weighted by Gasteiger charge is -2.07. The number of carbonyl (C=O) groups is 1. The van der Waals surface area contributed by atoms with E-state index in [2.05, 4.69) is 37.2 Å². The minimum atomic E-state index is -0.379. The molecule has 1 N–H and O–H groups in total. The molecule has 0 aliphatic heterocycles. The molecule has 2 aromatic rings. The number of benzene rings is 2. The molecule has 0 fully saturated rings. The average Bonchev–Trinajstić information content (AvgIpc) is 2.36. The number of halogens is 3. The summed E-state index contributed by atoms with van der Waals surface area (Å²) in [6.07, 6.45) is 0. The maximum absolute atomic E-state index is 12.9. The maximum Gasteiger partial charge on any atom is 0.252 e. The zero-order valence-corrected chi connectivity index (χ0v) is 13.0. The summed E-state index contributed by atoms with van der Waals surface area (Å²) in [4.78, 5) is 12.0. The molecule has 0 aliphatic carbocycles. The molecule has 2 rings (SSSR count). The van der Waals surface area contributed by atoms with Crippen molar-refractivity contribution in [2.24, 2.45) is 0 Å². The van der Waals surface area contributed by atoms with Crippen molar-refractivity contribution in [3.63, 3.8) is 0 Å². The van der Waals surface area contributed by atoms with Crippen LogP contribution in [0.15, 0.2) is 51.4 Å². The molecule has 1 amide bonds. The lowest BCUT2D eigenvalue weighted by molar-refractivity contribution is 0.0950. The highest BCUT2D eigenvalue weighted by Crippen LogP contribution is 2.18. The smallest absolute Gasteiger partial charge is 0.252 e. The van der Waals surface area contributed by atoms with Crippen molar-refractivity contribution >= 4 is 37.8 Å². The molecule has 0 aromatic heterocycles. The van der Waals surface area contributed by atoms with Crippen molar-refractivity contribution in [2.75, 3.05) is 0 Å². The van der Waals surface area contributed by atoms with Gasteiger partial charge in [0.25, 0.3) is 5.91 Å². The normalized spacial score (nSPS) is 10.3. The molecule has 0 radical (unpaired) electrons. The van der Waals surface area contributed by atoms with Crippen molar-refractivity contribution in [2.45, 2.75) is 6.54 Å². The molecule has 0 atom stereocenters.